The molecule has 140 valence electrons. The van der Waals surface area contributed by atoms with Gasteiger partial charge in [-0.15, -0.1) is 9.43 Å². The topological polar surface area (TPSA) is 77.5 Å². The predicted octanol–water partition coefficient (Wildman–Crippen LogP) is 3.23. The van der Waals surface area contributed by atoms with Crippen LogP contribution in [0.1, 0.15) is 27.8 Å². The van der Waals surface area contributed by atoms with Gasteiger partial charge in [-0.1, -0.05) is 29.4 Å². The summed E-state index contributed by atoms with van der Waals surface area (Å²) >= 11 is 0. The van der Waals surface area contributed by atoms with Crippen LogP contribution in [0, 0.1) is 32.2 Å². The number of hydrogen-bond donors (Lipinski definition) is 0. The molecule has 1 rings (SSSR count). The Morgan fingerprint density at radius 1 is 0.960 bits per heavy atom. The summed E-state index contributed by atoms with van der Waals surface area (Å²) in [4.78, 5) is 0. The zero-order valence-electron chi connectivity index (χ0n) is 14.8. The molecular weight excluding hydrogens is 390 g/mol. The summed E-state index contributed by atoms with van der Waals surface area (Å²) in [5, 5.41) is 0. The molecule has 0 fully saturated rings. The van der Waals surface area contributed by atoms with Crippen molar-refractivity contribution in [3.8, 4) is 17.2 Å². The standard InChI is InChI=1S/C15H20F2O5S2Si/c1-10-13(7-8-25(4,5)6)11(2)15(22-24(17,20)21)12(3)14(10)9-23(16,18)19/h9H2,1-6H3. The lowest BCUT2D eigenvalue weighted by Gasteiger charge is -2.18. The van der Waals surface area contributed by atoms with Gasteiger partial charge in [0.1, 0.15) is 13.8 Å². The highest BCUT2D eigenvalue weighted by Crippen LogP contribution is 2.35. The van der Waals surface area contributed by atoms with Gasteiger partial charge in [0.05, 0.1) is 0 Å². The van der Waals surface area contributed by atoms with Gasteiger partial charge in [0.15, 0.2) is 5.75 Å². The summed E-state index contributed by atoms with van der Waals surface area (Å²) < 4.78 is 74.6. The van der Waals surface area contributed by atoms with E-state index in [-0.39, 0.29) is 22.4 Å². The molecule has 5 nitrogen and oxygen atoms in total. The first-order valence-corrected chi connectivity index (χ1v) is 13.6. The minimum absolute atomic E-state index is 0.00614. The van der Waals surface area contributed by atoms with Gasteiger partial charge in [-0.05, 0) is 37.5 Å². The average Bonchev–Trinajstić information content (AvgIpc) is 2.36. The Morgan fingerprint density at radius 2 is 1.48 bits per heavy atom. The average molecular weight is 411 g/mol. The van der Waals surface area contributed by atoms with Crippen LogP contribution in [0.5, 0.6) is 5.75 Å². The fraction of sp³-hybridized carbons (Fsp3) is 0.467. The first kappa shape index (κ1) is 21.6. The molecule has 0 amide bonds. The minimum Gasteiger partial charge on any atom is -0.358 e. The number of benzene rings is 1. The molecule has 0 saturated heterocycles. The van der Waals surface area contributed by atoms with Crippen LogP contribution in [0.15, 0.2) is 0 Å². The quantitative estimate of drug-likeness (QED) is 0.433. The molecule has 1 aromatic rings. The van der Waals surface area contributed by atoms with Crippen LogP contribution < -0.4 is 4.18 Å². The summed E-state index contributed by atoms with van der Waals surface area (Å²) in [6.07, 6.45) is 0. The maximum absolute atomic E-state index is 13.2. The minimum atomic E-state index is -5.34. The first-order chi connectivity index (χ1) is 11.0. The fourth-order valence-corrected chi connectivity index (χ4v) is 4.02. The van der Waals surface area contributed by atoms with Gasteiger partial charge < -0.3 is 4.18 Å². The molecule has 0 aliphatic rings. The highest BCUT2D eigenvalue weighted by atomic mass is 32.3. The summed E-state index contributed by atoms with van der Waals surface area (Å²) in [7, 11) is -12.0. The molecule has 0 saturated carbocycles. The summed E-state index contributed by atoms with van der Waals surface area (Å²) in [5.41, 5.74) is 4.07. The van der Waals surface area contributed by atoms with Crippen molar-refractivity contribution < 1.29 is 28.8 Å². The van der Waals surface area contributed by atoms with E-state index < -0.39 is 34.6 Å². The van der Waals surface area contributed by atoms with Gasteiger partial charge in [0.2, 0.25) is 0 Å². The molecule has 0 aliphatic carbocycles. The van der Waals surface area contributed by atoms with E-state index in [1.54, 1.807) is 6.92 Å². The molecule has 0 radical (unpaired) electrons. The van der Waals surface area contributed by atoms with Gasteiger partial charge >= 0.3 is 20.7 Å². The van der Waals surface area contributed by atoms with E-state index in [0.717, 1.165) is 0 Å². The molecule has 0 heterocycles. The lowest BCUT2D eigenvalue weighted by atomic mass is 9.93. The molecule has 0 unspecified atom stereocenters. The van der Waals surface area contributed by atoms with Crippen molar-refractivity contribution >= 4 is 28.8 Å². The maximum Gasteiger partial charge on any atom is 0.488 e. The molecular formula is C15H20F2O5S2Si. The lowest BCUT2D eigenvalue weighted by molar-refractivity contribution is 0.436. The Labute approximate surface area is 149 Å². The highest BCUT2D eigenvalue weighted by molar-refractivity contribution is 7.85. The molecule has 25 heavy (non-hydrogen) atoms. The van der Waals surface area contributed by atoms with Crippen LogP contribution in [0.2, 0.25) is 19.6 Å². The highest BCUT2D eigenvalue weighted by Gasteiger charge is 2.24. The predicted molar refractivity (Wildman–Crippen MR) is 95.3 cm³/mol. The molecule has 0 aromatic heterocycles. The number of halogens is 2. The van der Waals surface area contributed by atoms with Crippen molar-refractivity contribution in [2.24, 2.45) is 0 Å². The van der Waals surface area contributed by atoms with Crippen LogP contribution in [0.25, 0.3) is 0 Å². The van der Waals surface area contributed by atoms with Crippen molar-refractivity contribution in [1.82, 2.24) is 0 Å². The Hall–Kier alpha value is -1.44. The van der Waals surface area contributed by atoms with Crippen molar-refractivity contribution in [1.29, 1.82) is 0 Å². The van der Waals surface area contributed by atoms with E-state index in [1.807, 2.05) is 19.6 Å². The van der Waals surface area contributed by atoms with Gasteiger partial charge in [-0.3, -0.25) is 0 Å². The van der Waals surface area contributed by atoms with Crippen LogP contribution in [0.3, 0.4) is 0 Å². The smallest absolute Gasteiger partial charge is 0.358 e. The number of rotatable bonds is 4. The molecule has 0 bridgehead atoms. The zero-order chi connectivity index (χ0) is 19.8. The van der Waals surface area contributed by atoms with Crippen molar-refractivity contribution in [3.05, 3.63) is 27.8 Å². The zero-order valence-corrected chi connectivity index (χ0v) is 17.5. The SMILES string of the molecule is Cc1c(C#C[Si](C)(C)C)c(C)c(OS(=O)(=O)F)c(C)c1CS(=O)(=O)F. The first-order valence-electron chi connectivity index (χ1n) is 7.24. The van der Waals surface area contributed by atoms with E-state index in [0.29, 0.717) is 11.1 Å². The second kappa shape index (κ2) is 7.05. The second-order valence-corrected chi connectivity index (χ2v) is 13.8. The molecule has 0 N–H and O–H groups in total. The van der Waals surface area contributed by atoms with Crippen molar-refractivity contribution in [2.45, 2.75) is 46.2 Å². The largest absolute Gasteiger partial charge is 0.488 e. The van der Waals surface area contributed by atoms with Crippen LogP contribution in [-0.2, 0) is 26.5 Å². The maximum atomic E-state index is 13.2. The fourth-order valence-electron chi connectivity index (χ4n) is 2.30. The lowest BCUT2D eigenvalue weighted by Crippen LogP contribution is -2.17. The monoisotopic (exact) mass is 410 g/mol. The second-order valence-electron chi connectivity index (χ2n) is 6.72. The van der Waals surface area contributed by atoms with Gasteiger partial charge in [0, 0.05) is 11.1 Å². The van der Waals surface area contributed by atoms with E-state index in [2.05, 4.69) is 15.6 Å². The van der Waals surface area contributed by atoms with E-state index in [9.17, 15) is 24.6 Å². The molecule has 0 spiro atoms. The van der Waals surface area contributed by atoms with Gasteiger partial charge in [-0.25, -0.2) is 0 Å². The van der Waals surface area contributed by atoms with Gasteiger partial charge in [-0.2, -0.15) is 16.8 Å². The molecule has 0 atom stereocenters. The van der Waals surface area contributed by atoms with Crippen LogP contribution >= 0.6 is 0 Å². The molecule has 0 aliphatic heterocycles. The molecule has 10 heteroatoms. The Balaban J connectivity index is 3.85. The van der Waals surface area contributed by atoms with E-state index in [1.165, 1.54) is 13.8 Å². The van der Waals surface area contributed by atoms with Crippen molar-refractivity contribution in [2.75, 3.05) is 0 Å². The van der Waals surface area contributed by atoms with Crippen molar-refractivity contribution in [3.63, 3.8) is 0 Å². The number of hydrogen-bond acceptors (Lipinski definition) is 5. The Morgan fingerprint density at radius 3 is 1.88 bits per heavy atom. The third-order valence-electron chi connectivity index (χ3n) is 3.40. The van der Waals surface area contributed by atoms with E-state index >= 15 is 0 Å². The third kappa shape index (κ3) is 6.41. The molecule has 1 aromatic carbocycles. The van der Waals surface area contributed by atoms with Crippen LogP contribution in [-0.4, -0.2) is 24.9 Å². The Bertz CT molecular complexity index is 905. The Kier molecular flexibility index (Phi) is 6.09. The van der Waals surface area contributed by atoms with Gasteiger partial charge in [0.25, 0.3) is 0 Å². The summed E-state index contributed by atoms with van der Waals surface area (Å²) in [6, 6.07) is 0. The van der Waals surface area contributed by atoms with E-state index in [4.69, 9.17) is 0 Å². The summed E-state index contributed by atoms with van der Waals surface area (Å²) in [5.74, 6) is 1.55. The summed E-state index contributed by atoms with van der Waals surface area (Å²) in [6.45, 7) is 10.3. The van der Waals surface area contributed by atoms with Crippen LogP contribution in [0.4, 0.5) is 7.77 Å². The third-order valence-corrected chi connectivity index (χ3v) is 5.27. The normalized spacial score (nSPS) is 12.5.